The van der Waals surface area contributed by atoms with E-state index in [1.807, 2.05) is 31.2 Å². The predicted molar refractivity (Wildman–Crippen MR) is 124 cm³/mol. The number of amides is 1. The van der Waals surface area contributed by atoms with Gasteiger partial charge in [0.2, 0.25) is 11.1 Å². The number of nitrogens with two attached hydrogens (primary N) is 1. The molecular formula is C21H23Cl2N5O2S. The summed E-state index contributed by atoms with van der Waals surface area (Å²) in [6, 6.07) is 12.6. The third-order valence-corrected chi connectivity index (χ3v) is 6.31. The first-order valence-electron chi connectivity index (χ1n) is 9.52. The van der Waals surface area contributed by atoms with Crippen LogP contribution in [0, 0.1) is 0 Å². The van der Waals surface area contributed by atoms with E-state index in [0.29, 0.717) is 27.4 Å². The van der Waals surface area contributed by atoms with Gasteiger partial charge in [-0.15, -0.1) is 10.2 Å². The van der Waals surface area contributed by atoms with Crippen molar-refractivity contribution in [3.63, 3.8) is 0 Å². The Hall–Kier alpha value is -2.42. The van der Waals surface area contributed by atoms with Crippen LogP contribution in [0.4, 0.5) is 0 Å². The molecule has 0 aliphatic rings. The molecule has 3 rings (SSSR count). The molecule has 1 aromatic heterocycles. The molecule has 0 bridgehead atoms. The number of aromatic nitrogens is 3. The van der Waals surface area contributed by atoms with E-state index in [4.69, 9.17) is 33.8 Å². The van der Waals surface area contributed by atoms with E-state index in [-0.39, 0.29) is 11.9 Å². The molecule has 0 unspecified atom stereocenters. The second-order valence-corrected chi connectivity index (χ2v) is 9.10. The Morgan fingerprint density at radius 1 is 1.19 bits per heavy atom. The molecule has 0 fully saturated rings. The Labute approximate surface area is 195 Å². The SMILES string of the molecule is COc1ccc(Cc2nnc(S[C@@H](C)C(=O)N[C@@H](C)c3ccc(Cl)cc3Cl)n2N)cc1. The maximum atomic E-state index is 12.7. The predicted octanol–water partition coefficient (Wildman–Crippen LogP) is 4.26. The molecule has 164 valence electrons. The number of benzene rings is 2. The topological polar surface area (TPSA) is 95.1 Å². The number of nitrogens with zero attached hydrogens (tertiary/aromatic N) is 3. The van der Waals surface area contributed by atoms with Gasteiger partial charge in [0.05, 0.1) is 18.4 Å². The average molecular weight is 480 g/mol. The molecule has 0 saturated carbocycles. The molecule has 31 heavy (non-hydrogen) atoms. The van der Waals surface area contributed by atoms with Gasteiger partial charge in [-0.05, 0) is 49.2 Å². The molecule has 1 heterocycles. The number of carbonyl (C=O) groups excluding carboxylic acids is 1. The van der Waals surface area contributed by atoms with Crippen molar-refractivity contribution < 1.29 is 9.53 Å². The van der Waals surface area contributed by atoms with Crippen molar-refractivity contribution in [3.05, 3.63) is 69.5 Å². The third kappa shape index (κ3) is 5.84. The lowest BCUT2D eigenvalue weighted by Gasteiger charge is -2.18. The summed E-state index contributed by atoms with van der Waals surface area (Å²) in [5.41, 5.74) is 1.82. The first-order chi connectivity index (χ1) is 14.8. The number of carbonyl (C=O) groups is 1. The molecule has 2 aromatic carbocycles. The van der Waals surface area contributed by atoms with E-state index >= 15 is 0 Å². The van der Waals surface area contributed by atoms with Crippen LogP contribution in [0.15, 0.2) is 47.6 Å². The Bertz CT molecular complexity index is 1060. The zero-order valence-corrected chi connectivity index (χ0v) is 19.6. The van der Waals surface area contributed by atoms with Crippen LogP contribution in [0.1, 0.15) is 36.8 Å². The number of nitrogen functional groups attached to an aromatic ring is 1. The van der Waals surface area contributed by atoms with Crippen LogP contribution in [0.2, 0.25) is 10.0 Å². The fraction of sp³-hybridized carbons (Fsp3) is 0.286. The van der Waals surface area contributed by atoms with Crippen LogP contribution in [-0.4, -0.2) is 33.1 Å². The van der Waals surface area contributed by atoms with Crippen LogP contribution in [0.5, 0.6) is 5.75 Å². The molecule has 3 N–H and O–H groups in total. The number of hydrogen-bond donors (Lipinski definition) is 2. The smallest absolute Gasteiger partial charge is 0.233 e. The molecule has 10 heteroatoms. The molecule has 3 aromatic rings. The van der Waals surface area contributed by atoms with Gasteiger partial charge in [-0.2, -0.15) is 0 Å². The van der Waals surface area contributed by atoms with Crippen molar-refractivity contribution in [2.75, 3.05) is 13.0 Å². The van der Waals surface area contributed by atoms with Gasteiger partial charge in [-0.1, -0.05) is 53.2 Å². The quantitative estimate of drug-likeness (QED) is 0.370. The zero-order chi connectivity index (χ0) is 22.5. The number of methoxy groups -OCH3 is 1. The van der Waals surface area contributed by atoms with E-state index in [2.05, 4.69) is 15.5 Å². The van der Waals surface area contributed by atoms with Crippen molar-refractivity contribution >= 4 is 40.9 Å². The summed E-state index contributed by atoms with van der Waals surface area (Å²) in [6.45, 7) is 3.65. The van der Waals surface area contributed by atoms with Crippen molar-refractivity contribution in [1.82, 2.24) is 20.2 Å². The molecular weight excluding hydrogens is 457 g/mol. The lowest BCUT2D eigenvalue weighted by atomic mass is 10.1. The number of ether oxygens (including phenoxy) is 1. The molecule has 0 aliphatic carbocycles. The summed E-state index contributed by atoms with van der Waals surface area (Å²) < 4.78 is 6.58. The normalized spacial score (nSPS) is 12.9. The number of hydrogen-bond acceptors (Lipinski definition) is 6. The highest BCUT2D eigenvalue weighted by Gasteiger charge is 2.22. The van der Waals surface area contributed by atoms with Crippen LogP contribution in [0.25, 0.3) is 0 Å². The van der Waals surface area contributed by atoms with Crippen LogP contribution < -0.4 is 15.9 Å². The molecule has 7 nitrogen and oxygen atoms in total. The van der Waals surface area contributed by atoms with Gasteiger partial charge in [0.15, 0.2) is 5.82 Å². The van der Waals surface area contributed by atoms with Gasteiger partial charge < -0.3 is 15.9 Å². The summed E-state index contributed by atoms with van der Waals surface area (Å²) in [6.07, 6.45) is 0.515. The Balaban J connectivity index is 1.61. The fourth-order valence-corrected chi connectivity index (χ4v) is 4.28. The van der Waals surface area contributed by atoms with Crippen molar-refractivity contribution in [1.29, 1.82) is 0 Å². The van der Waals surface area contributed by atoms with E-state index in [1.54, 1.807) is 32.2 Å². The van der Waals surface area contributed by atoms with Gasteiger partial charge in [-0.3, -0.25) is 4.79 Å². The van der Waals surface area contributed by atoms with Crippen LogP contribution in [0.3, 0.4) is 0 Å². The summed E-state index contributed by atoms with van der Waals surface area (Å²) in [4.78, 5) is 12.7. The molecule has 0 spiro atoms. The molecule has 0 saturated heterocycles. The number of halogens is 2. The Morgan fingerprint density at radius 2 is 1.90 bits per heavy atom. The zero-order valence-electron chi connectivity index (χ0n) is 17.3. The molecule has 0 radical (unpaired) electrons. The standard InChI is InChI=1S/C21H23Cl2N5O2S/c1-12(17-9-6-15(22)11-18(17)23)25-20(29)13(2)31-21-27-26-19(28(21)24)10-14-4-7-16(30-3)8-5-14/h4-9,11-13H,10,24H2,1-3H3,(H,25,29)/t12-,13-/m0/s1. The lowest BCUT2D eigenvalue weighted by Crippen LogP contribution is -2.33. The minimum Gasteiger partial charge on any atom is -0.497 e. The average Bonchev–Trinajstić information content (AvgIpc) is 3.07. The maximum absolute atomic E-state index is 12.7. The summed E-state index contributed by atoms with van der Waals surface area (Å²) in [7, 11) is 1.62. The highest BCUT2D eigenvalue weighted by Crippen LogP contribution is 2.27. The molecule has 1 amide bonds. The lowest BCUT2D eigenvalue weighted by molar-refractivity contribution is -0.120. The molecule has 2 atom stereocenters. The summed E-state index contributed by atoms with van der Waals surface area (Å²) >= 11 is 13.4. The minimum atomic E-state index is -0.436. The second-order valence-electron chi connectivity index (χ2n) is 6.95. The number of rotatable bonds is 8. The Morgan fingerprint density at radius 3 is 2.55 bits per heavy atom. The Kier molecular flexibility index (Phi) is 7.69. The first-order valence-corrected chi connectivity index (χ1v) is 11.2. The van der Waals surface area contributed by atoms with Crippen molar-refractivity contribution in [2.45, 2.75) is 36.7 Å². The highest BCUT2D eigenvalue weighted by atomic mass is 35.5. The van der Waals surface area contributed by atoms with Gasteiger partial charge in [0, 0.05) is 16.5 Å². The second kappa shape index (κ2) is 10.3. The third-order valence-electron chi connectivity index (χ3n) is 4.70. The van der Waals surface area contributed by atoms with Crippen LogP contribution >= 0.6 is 35.0 Å². The largest absolute Gasteiger partial charge is 0.497 e. The van der Waals surface area contributed by atoms with E-state index < -0.39 is 5.25 Å². The van der Waals surface area contributed by atoms with Crippen molar-refractivity contribution in [3.8, 4) is 5.75 Å². The number of nitrogens with one attached hydrogen (secondary N) is 1. The van der Waals surface area contributed by atoms with Gasteiger partial charge in [-0.25, -0.2) is 4.68 Å². The number of thioether (sulfide) groups is 1. The van der Waals surface area contributed by atoms with E-state index in [0.717, 1.165) is 16.9 Å². The van der Waals surface area contributed by atoms with E-state index in [1.165, 1.54) is 16.4 Å². The van der Waals surface area contributed by atoms with Gasteiger partial charge >= 0.3 is 0 Å². The summed E-state index contributed by atoms with van der Waals surface area (Å²) in [5.74, 6) is 7.38. The highest BCUT2D eigenvalue weighted by molar-refractivity contribution is 8.00. The van der Waals surface area contributed by atoms with Gasteiger partial charge in [0.25, 0.3) is 0 Å². The van der Waals surface area contributed by atoms with E-state index in [9.17, 15) is 4.79 Å². The van der Waals surface area contributed by atoms with Crippen molar-refractivity contribution in [2.24, 2.45) is 0 Å². The molecule has 0 aliphatic heterocycles. The first kappa shape index (κ1) is 23.2. The summed E-state index contributed by atoms with van der Waals surface area (Å²) in [5, 5.41) is 12.3. The fourth-order valence-electron chi connectivity index (χ4n) is 2.91. The van der Waals surface area contributed by atoms with Gasteiger partial charge in [0.1, 0.15) is 5.75 Å². The monoisotopic (exact) mass is 479 g/mol. The maximum Gasteiger partial charge on any atom is 0.233 e. The minimum absolute atomic E-state index is 0.164. The van der Waals surface area contributed by atoms with Crippen LogP contribution in [-0.2, 0) is 11.2 Å².